The van der Waals surface area contributed by atoms with Crippen molar-refractivity contribution in [2.24, 2.45) is 0 Å². The summed E-state index contributed by atoms with van der Waals surface area (Å²) in [6.45, 7) is 0. The van der Waals surface area contributed by atoms with Crippen LogP contribution in [-0.2, 0) is 11.2 Å². The Bertz CT molecular complexity index is 327. The zero-order chi connectivity index (χ0) is 9.84. The minimum absolute atomic E-state index is 0.0164. The van der Waals surface area contributed by atoms with Gasteiger partial charge in [-0.1, -0.05) is 28.1 Å². The van der Waals surface area contributed by atoms with Crippen LogP contribution >= 0.6 is 15.9 Å². The summed E-state index contributed by atoms with van der Waals surface area (Å²) >= 11 is 3.03. The normalized spacial score (nSPS) is 10.0. The number of nitrogens with two attached hydrogens (primary N) is 1. The lowest BCUT2D eigenvalue weighted by Gasteiger charge is -2.03. The molecule has 0 aromatic heterocycles. The second kappa shape index (κ2) is 4.37. The molecule has 70 valence electrons. The molecule has 0 atom stereocenters. The number of nitrogen functional groups attached to an aromatic ring is 1. The summed E-state index contributed by atoms with van der Waals surface area (Å²) in [5.74, 6) is -0.489. The Kier molecular flexibility index (Phi) is 3.42. The Morgan fingerprint density at radius 1 is 1.54 bits per heavy atom. The van der Waals surface area contributed by atoms with Crippen LogP contribution in [-0.4, -0.2) is 11.1 Å². The van der Waals surface area contributed by atoms with Gasteiger partial charge in [0.15, 0.2) is 0 Å². The highest BCUT2D eigenvalue weighted by Crippen LogP contribution is 2.16. The van der Waals surface area contributed by atoms with Gasteiger partial charge in [-0.3, -0.25) is 4.79 Å². The Morgan fingerprint density at radius 3 is 2.85 bits per heavy atom. The first-order valence-electron chi connectivity index (χ1n) is 3.75. The summed E-state index contributed by atoms with van der Waals surface area (Å²) < 4.78 is 12.9. The number of hydrogen-bond donors (Lipinski definition) is 1. The van der Waals surface area contributed by atoms with Gasteiger partial charge in [0.1, 0.15) is 11.6 Å². The van der Waals surface area contributed by atoms with Gasteiger partial charge in [0.2, 0.25) is 0 Å². The van der Waals surface area contributed by atoms with E-state index in [4.69, 9.17) is 5.73 Å². The number of para-hydroxylation sites is 1. The van der Waals surface area contributed by atoms with Crippen LogP contribution in [0.4, 0.5) is 10.1 Å². The van der Waals surface area contributed by atoms with Crippen molar-refractivity contribution in [1.29, 1.82) is 0 Å². The van der Waals surface area contributed by atoms with Crippen LogP contribution in [0.3, 0.4) is 0 Å². The molecule has 0 unspecified atom stereocenters. The summed E-state index contributed by atoms with van der Waals surface area (Å²) in [4.78, 5) is 11.0. The highest BCUT2D eigenvalue weighted by molar-refractivity contribution is 9.09. The third-order valence-electron chi connectivity index (χ3n) is 1.68. The summed E-state index contributed by atoms with van der Waals surface area (Å²) in [6.07, 6.45) is 0.175. The van der Waals surface area contributed by atoms with E-state index in [9.17, 15) is 9.18 Å². The van der Waals surface area contributed by atoms with Gasteiger partial charge in [-0.15, -0.1) is 0 Å². The predicted octanol–water partition coefficient (Wildman–Crippen LogP) is 1.91. The quantitative estimate of drug-likeness (QED) is 0.654. The van der Waals surface area contributed by atoms with Crippen molar-refractivity contribution in [3.63, 3.8) is 0 Å². The average Bonchev–Trinajstić information content (AvgIpc) is 2.13. The first-order valence-corrected chi connectivity index (χ1v) is 4.88. The number of halogens is 2. The molecule has 0 spiro atoms. The molecule has 1 aromatic carbocycles. The molecule has 1 rings (SSSR count). The van der Waals surface area contributed by atoms with E-state index in [-0.39, 0.29) is 23.2 Å². The number of hydrogen-bond acceptors (Lipinski definition) is 2. The van der Waals surface area contributed by atoms with Crippen molar-refractivity contribution in [1.82, 2.24) is 0 Å². The smallest absolute Gasteiger partial charge is 0.147 e. The summed E-state index contributed by atoms with van der Waals surface area (Å²) in [5.41, 5.74) is 6.06. The van der Waals surface area contributed by atoms with E-state index in [0.717, 1.165) is 0 Å². The van der Waals surface area contributed by atoms with Crippen molar-refractivity contribution in [3.8, 4) is 0 Å². The van der Waals surface area contributed by atoms with Crippen LogP contribution in [0.2, 0.25) is 0 Å². The number of carbonyl (C=O) groups excluding carboxylic acids is 1. The van der Waals surface area contributed by atoms with Crippen molar-refractivity contribution >= 4 is 27.4 Å². The maximum absolute atomic E-state index is 12.9. The van der Waals surface area contributed by atoms with Crippen LogP contribution in [0.25, 0.3) is 0 Å². The summed E-state index contributed by atoms with van der Waals surface area (Å²) in [6, 6.07) is 4.47. The minimum atomic E-state index is -0.472. The SMILES string of the molecule is Nc1c(F)cccc1CC(=O)CBr. The Balaban J connectivity index is 2.89. The van der Waals surface area contributed by atoms with Gasteiger partial charge in [0, 0.05) is 6.42 Å². The number of rotatable bonds is 3. The van der Waals surface area contributed by atoms with Crippen molar-refractivity contribution in [3.05, 3.63) is 29.6 Å². The predicted molar refractivity (Wildman–Crippen MR) is 53.3 cm³/mol. The number of alkyl halides is 1. The fourth-order valence-electron chi connectivity index (χ4n) is 0.996. The molecule has 0 bridgehead atoms. The fourth-order valence-corrected chi connectivity index (χ4v) is 1.19. The number of carbonyl (C=O) groups is 1. The fraction of sp³-hybridized carbons (Fsp3) is 0.222. The molecule has 2 nitrogen and oxygen atoms in total. The number of anilines is 1. The topological polar surface area (TPSA) is 43.1 Å². The summed E-state index contributed by atoms with van der Waals surface area (Å²) in [7, 11) is 0. The van der Waals surface area contributed by atoms with Gasteiger partial charge >= 0.3 is 0 Å². The molecule has 0 saturated carbocycles. The van der Waals surface area contributed by atoms with Gasteiger partial charge in [0.25, 0.3) is 0 Å². The van der Waals surface area contributed by atoms with E-state index in [1.807, 2.05) is 0 Å². The van der Waals surface area contributed by atoms with E-state index < -0.39 is 5.82 Å². The third kappa shape index (κ3) is 2.52. The molecule has 4 heteroatoms. The van der Waals surface area contributed by atoms with Gasteiger partial charge in [0.05, 0.1) is 11.0 Å². The minimum Gasteiger partial charge on any atom is -0.396 e. The zero-order valence-corrected chi connectivity index (χ0v) is 8.47. The van der Waals surface area contributed by atoms with E-state index >= 15 is 0 Å². The van der Waals surface area contributed by atoms with E-state index in [1.54, 1.807) is 12.1 Å². The molecule has 13 heavy (non-hydrogen) atoms. The molecular formula is C9H9BrFNO. The summed E-state index contributed by atoms with van der Waals surface area (Å²) in [5, 5.41) is 0.267. The van der Waals surface area contributed by atoms with Crippen LogP contribution in [0.5, 0.6) is 0 Å². The van der Waals surface area contributed by atoms with Gasteiger partial charge < -0.3 is 5.73 Å². The highest BCUT2D eigenvalue weighted by atomic mass is 79.9. The Labute approximate surface area is 84.1 Å². The zero-order valence-electron chi connectivity index (χ0n) is 6.89. The molecule has 0 aliphatic heterocycles. The molecule has 0 fully saturated rings. The molecule has 0 heterocycles. The van der Waals surface area contributed by atoms with Crippen LogP contribution in [0, 0.1) is 5.82 Å². The van der Waals surface area contributed by atoms with E-state index in [1.165, 1.54) is 6.07 Å². The Hall–Kier alpha value is -0.900. The standard InChI is InChI=1S/C9H9BrFNO/c10-5-7(13)4-6-2-1-3-8(11)9(6)12/h1-3H,4-5,12H2. The Morgan fingerprint density at radius 2 is 2.23 bits per heavy atom. The van der Waals surface area contributed by atoms with Crippen molar-refractivity contribution in [2.45, 2.75) is 6.42 Å². The lowest BCUT2D eigenvalue weighted by atomic mass is 10.1. The second-order valence-corrected chi connectivity index (χ2v) is 3.22. The second-order valence-electron chi connectivity index (χ2n) is 2.66. The van der Waals surface area contributed by atoms with Crippen molar-refractivity contribution < 1.29 is 9.18 Å². The van der Waals surface area contributed by atoms with Crippen LogP contribution < -0.4 is 5.73 Å². The van der Waals surface area contributed by atoms with Crippen LogP contribution in [0.15, 0.2) is 18.2 Å². The maximum Gasteiger partial charge on any atom is 0.147 e. The van der Waals surface area contributed by atoms with Gasteiger partial charge in [-0.05, 0) is 11.6 Å². The molecule has 0 saturated heterocycles. The molecule has 2 N–H and O–H groups in total. The monoisotopic (exact) mass is 245 g/mol. The molecule has 1 aromatic rings. The lowest BCUT2D eigenvalue weighted by molar-refractivity contribution is -0.115. The number of Topliss-reactive ketones (excluding diaryl/α,β-unsaturated/α-hetero) is 1. The molecule has 0 amide bonds. The highest BCUT2D eigenvalue weighted by Gasteiger charge is 2.07. The number of ketones is 1. The molecule has 0 aliphatic rings. The van der Waals surface area contributed by atoms with E-state index in [0.29, 0.717) is 5.56 Å². The molecular weight excluding hydrogens is 237 g/mol. The molecule has 0 aliphatic carbocycles. The largest absolute Gasteiger partial charge is 0.396 e. The number of benzene rings is 1. The lowest BCUT2D eigenvalue weighted by Crippen LogP contribution is -2.06. The third-order valence-corrected chi connectivity index (χ3v) is 2.31. The maximum atomic E-state index is 12.9. The van der Waals surface area contributed by atoms with Crippen molar-refractivity contribution in [2.75, 3.05) is 11.1 Å². The first-order chi connectivity index (χ1) is 6.15. The molecule has 0 radical (unpaired) electrons. The van der Waals surface area contributed by atoms with E-state index in [2.05, 4.69) is 15.9 Å². The van der Waals surface area contributed by atoms with Gasteiger partial charge in [-0.2, -0.15) is 0 Å². The first kappa shape index (κ1) is 10.2. The average molecular weight is 246 g/mol. The van der Waals surface area contributed by atoms with Gasteiger partial charge in [-0.25, -0.2) is 4.39 Å². The van der Waals surface area contributed by atoms with Crippen LogP contribution in [0.1, 0.15) is 5.56 Å².